The number of carbonyl (C=O) groups is 2. The molecule has 1 aliphatic carbocycles. The summed E-state index contributed by atoms with van der Waals surface area (Å²) in [6.45, 7) is 3.63. The number of hydrogen-bond donors (Lipinski definition) is 2. The van der Waals surface area contributed by atoms with E-state index in [1.807, 2.05) is 21.4 Å². The van der Waals surface area contributed by atoms with Crippen LogP contribution in [0, 0.1) is 12.8 Å². The molecule has 10 heteroatoms. The SMILES string of the molecule is COc1cc(C(=O)N2[C@H]3CC[C@@H]2[C@H](N)C3)cc2nc(-c3cc4ccc([C@H]5CCNC(=O)C5)nc4n3CC3CC3)c(C)n12. The number of piperidine rings is 1. The van der Waals surface area contributed by atoms with Gasteiger partial charge < -0.3 is 25.3 Å². The van der Waals surface area contributed by atoms with Gasteiger partial charge in [0, 0.05) is 66.3 Å². The minimum atomic E-state index is 0.00873. The van der Waals surface area contributed by atoms with Crippen LogP contribution in [0.15, 0.2) is 30.3 Å². The molecule has 4 aromatic heterocycles. The topological polar surface area (TPSA) is 120 Å². The predicted octanol–water partition coefficient (Wildman–Crippen LogP) is 3.78. The van der Waals surface area contributed by atoms with E-state index in [4.69, 9.17) is 20.4 Å². The van der Waals surface area contributed by atoms with Gasteiger partial charge in [0.15, 0.2) is 5.88 Å². The first-order chi connectivity index (χ1) is 20.4. The summed E-state index contributed by atoms with van der Waals surface area (Å²) in [4.78, 5) is 38.1. The van der Waals surface area contributed by atoms with Crippen molar-refractivity contribution in [2.24, 2.45) is 11.7 Å². The van der Waals surface area contributed by atoms with Crippen molar-refractivity contribution in [3.63, 3.8) is 0 Å². The highest BCUT2D eigenvalue weighted by molar-refractivity contribution is 5.97. The maximum atomic E-state index is 13.7. The number of methoxy groups -OCH3 is 1. The lowest BCUT2D eigenvalue weighted by atomic mass is 9.93. The van der Waals surface area contributed by atoms with E-state index in [-0.39, 0.29) is 35.9 Å². The second-order valence-electron chi connectivity index (χ2n) is 12.7. The minimum Gasteiger partial charge on any atom is -0.482 e. The number of amides is 2. The molecule has 2 amide bonds. The summed E-state index contributed by atoms with van der Waals surface area (Å²) in [5.74, 6) is 1.45. The third kappa shape index (κ3) is 4.02. The van der Waals surface area contributed by atoms with Gasteiger partial charge in [-0.1, -0.05) is 0 Å². The van der Waals surface area contributed by atoms with Gasteiger partial charge in [-0.05, 0) is 75.6 Å². The molecule has 10 nitrogen and oxygen atoms in total. The molecule has 4 fully saturated rings. The Bertz CT molecular complexity index is 1750. The van der Waals surface area contributed by atoms with Gasteiger partial charge in [-0.15, -0.1) is 0 Å². The van der Waals surface area contributed by atoms with Crippen LogP contribution < -0.4 is 15.8 Å². The number of aryl methyl sites for hydroxylation is 1. The Hall–Kier alpha value is -3.92. The predicted molar refractivity (Wildman–Crippen MR) is 158 cm³/mol. The molecule has 0 radical (unpaired) electrons. The molecule has 8 rings (SSSR count). The third-order valence-electron chi connectivity index (χ3n) is 10.0. The summed E-state index contributed by atoms with van der Waals surface area (Å²) in [6.07, 6.45) is 6.67. The van der Waals surface area contributed by atoms with Crippen molar-refractivity contribution in [2.75, 3.05) is 13.7 Å². The smallest absolute Gasteiger partial charge is 0.254 e. The van der Waals surface area contributed by atoms with Gasteiger partial charge in [0.1, 0.15) is 17.0 Å². The molecule has 4 atom stereocenters. The number of rotatable bonds is 6. The standard InChI is InChI=1S/C32H37N7O3/c1-17-30(36-27-12-21(14-29(42-2)38(17)27)32(41)39-22-6-8-25(39)23(33)15-22)26-11-20-5-7-24(19-9-10-34-28(40)13-19)35-31(20)37(26)16-18-3-4-18/h5,7,11-12,14,18-19,22-23,25H,3-4,6,8-10,13,15-16,33H2,1-2H3,(H,34,40)/t19-,22-,23+,25+/m0/s1. The molecule has 7 heterocycles. The van der Waals surface area contributed by atoms with Crippen LogP contribution in [0.2, 0.25) is 0 Å². The fourth-order valence-corrected chi connectivity index (χ4v) is 7.64. The van der Waals surface area contributed by atoms with E-state index in [0.717, 1.165) is 66.0 Å². The monoisotopic (exact) mass is 567 g/mol. The van der Waals surface area contributed by atoms with E-state index >= 15 is 0 Å². The summed E-state index contributed by atoms with van der Waals surface area (Å²) in [6, 6.07) is 10.5. The largest absolute Gasteiger partial charge is 0.482 e. The van der Waals surface area contributed by atoms with Crippen molar-refractivity contribution in [1.29, 1.82) is 0 Å². The summed E-state index contributed by atoms with van der Waals surface area (Å²) in [5.41, 5.74) is 12.4. The maximum Gasteiger partial charge on any atom is 0.254 e. The fraction of sp³-hybridized carbons (Fsp3) is 0.500. The molecule has 3 N–H and O–H groups in total. The number of nitrogens with two attached hydrogens (primary N) is 1. The number of hydrogen-bond acceptors (Lipinski definition) is 6. The van der Waals surface area contributed by atoms with E-state index in [1.54, 1.807) is 7.11 Å². The Morgan fingerprint density at radius 1 is 1.12 bits per heavy atom. The van der Waals surface area contributed by atoms with E-state index in [1.165, 1.54) is 12.8 Å². The van der Waals surface area contributed by atoms with Gasteiger partial charge in [0.05, 0.1) is 18.5 Å². The molecule has 42 heavy (non-hydrogen) atoms. The Kier molecular flexibility index (Phi) is 5.86. The zero-order valence-electron chi connectivity index (χ0n) is 24.2. The first-order valence-corrected chi connectivity index (χ1v) is 15.3. The lowest BCUT2D eigenvalue weighted by Crippen LogP contribution is -2.40. The van der Waals surface area contributed by atoms with Gasteiger partial charge in [0.25, 0.3) is 5.91 Å². The molecule has 0 unspecified atom stereocenters. The Morgan fingerprint density at radius 3 is 2.69 bits per heavy atom. The van der Waals surface area contributed by atoms with E-state index < -0.39 is 0 Å². The van der Waals surface area contributed by atoms with Gasteiger partial charge in [-0.3, -0.25) is 14.0 Å². The first kappa shape index (κ1) is 25.8. The van der Waals surface area contributed by atoms with Gasteiger partial charge in [-0.25, -0.2) is 9.97 Å². The van der Waals surface area contributed by atoms with Crippen LogP contribution in [0.25, 0.3) is 28.1 Å². The van der Waals surface area contributed by atoms with Gasteiger partial charge in [0.2, 0.25) is 5.91 Å². The van der Waals surface area contributed by atoms with Crippen LogP contribution >= 0.6 is 0 Å². The van der Waals surface area contributed by atoms with E-state index in [0.29, 0.717) is 36.0 Å². The highest BCUT2D eigenvalue weighted by Gasteiger charge is 2.47. The Balaban J connectivity index is 1.23. The van der Waals surface area contributed by atoms with Crippen LogP contribution in [0.5, 0.6) is 5.88 Å². The number of aromatic nitrogens is 4. The highest BCUT2D eigenvalue weighted by atomic mass is 16.5. The van der Waals surface area contributed by atoms with Crippen molar-refractivity contribution in [2.45, 2.75) is 82.5 Å². The van der Waals surface area contributed by atoms with E-state index in [2.05, 4.69) is 35.0 Å². The third-order valence-corrected chi connectivity index (χ3v) is 10.0. The van der Waals surface area contributed by atoms with Crippen LogP contribution in [0.3, 0.4) is 0 Å². The maximum absolute atomic E-state index is 13.7. The molecule has 2 bridgehead atoms. The first-order valence-electron chi connectivity index (χ1n) is 15.3. The number of ether oxygens (including phenoxy) is 1. The van der Waals surface area contributed by atoms with Crippen molar-refractivity contribution in [3.05, 3.63) is 47.3 Å². The molecular weight excluding hydrogens is 530 g/mol. The number of nitrogens with one attached hydrogen (secondary N) is 1. The normalized spacial score (nSPS) is 25.5. The molecule has 1 saturated carbocycles. The molecule has 4 aliphatic rings. The second-order valence-corrected chi connectivity index (χ2v) is 12.7. The number of imidazole rings is 1. The van der Waals surface area contributed by atoms with Crippen molar-refractivity contribution in [3.8, 4) is 17.3 Å². The molecule has 0 spiro atoms. The Morgan fingerprint density at radius 2 is 1.98 bits per heavy atom. The fourth-order valence-electron chi connectivity index (χ4n) is 7.64. The van der Waals surface area contributed by atoms with Crippen LogP contribution in [-0.4, -0.2) is 67.4 Å². The zero-order chi connectivity index (χ0) is 28.7. The van der Waals surface area contributed by atoms with Crippen molar-refractivity contribution < 1.29 is 14.3 Å². The highest BCUT2D eigenvalue weighted by Crippen LogP contribution is 2.40. The summed E-state index contributed by atoms with van der Waals surface area (Å²) >= 11 is 0. The average molecular weight is 568 g/mol. The lowest BCUT2D eigenvalue weighted by Gasteiger charge is -2.23. The number of carbonyl (C=O) groups excluding carboxylic acids is 2. The quantitative estimate of drug-likeness (QED) is 0.366. The number of nitrogens with zero attached hydrogens (tertiary/aromatic N) is 5. The van der Waals surface area contributed by atoms with E-state index in [9.17, 15) is 9.59 Å². The molecule has 0 aromatic carbocycles. The molecule has 4 aromatic rings. The minimum absolute atomic E-state index is 0.00873. The average Bonchev–Trinajstić information content (AvgIpc) is 3.31. The second kappa shape index (κ2) is 9.55. The summed E-state index contributed by atoms with van der Waals surface area (Å²) in [7, 11) is 1.64. The van der Waals surface area contributed by atoms with Gasteiger partial charge in [-0.2, -0.15) is 0 Å². The Labute approximate surface area is 244 Å². The zero-order valence-corrected chi connectivity index (χ0v) is 24.2. The molecule has 3 aliphatic heterocycles. The van der Waals surface area contributed by atoms with Crippen molar-refractivity contribution in [1.82, 2.24) is 29.2 Å². The summed E-state index contributed by atoms with van der Waals surface area (Å²) in [5, 5.41) is 4.00. The lowest BCUT2D eigenvalue weighted by molar-refractivity contribution is -0.122. The van der Waals surface area contributed by atoms with Gasteiger partial charge >= 0.3 is 0 Å². The van der Waals surface area contributed by atoms with Crippen molar-refractivity contribution >= 4 is 28.5 Å². The van der Waals surface area contributed by atoms with Crippen LogP contribution in [0.4, 0.5) is 0 Å². The molecule has 218 valence electrons. The molecular formula is C32H37N7O3. The van der Waals surface area contributed by atoms with Crippen LogP contribution in [-0.2, 0) is 11.3 Å². The van der Waals surface area contributed by atoms with Crippen LogP contribution in [0.1, 0.15) is 72.6 Å². The summed E-state index contributed by atoms with van der Waals surface area (Å²) < 4.78 is 10.1. The number of fused-ring (bicyclic) bond motifs is 4. The number of pyridine rings is 2. The molecule has 3 saturated heterocycles.